The first-order valence-corrected chi connectivity index (χ1v) is 8.29. The van der Waals surface area contributed by atoms with E-state index >= 15 is 0 Å². The van der Waals surface area contributed by atoms with E-state index in [4.69, 9.17) is 5.73 Å². The summed E-state index contributed by atoms with van der Waals surface area (Å²) in [5, 5.41) is 2.87. The first-order chi connectivity index (χ1) is 10.5. The van der Waals surface area contributed by atoms with Gasteiger partial charge in [-0.1, -0.05) is 28.1 Å². The SMILES string of the molecule is CC(=O)N[C@@H](CC(=O)N1CC[C@H](CN)C1)c1ccc(Br)cc1. The molecule has 0 saturated carbocycles. The second-order valence-electron chi connectivity index (χ2n) is 5.74. The van der Waals surface area contributed by atoms with E-state index in [-0.39, 0.29) is 24.3 Å². The van der Waals surface area contributed by atoms with Crippen molar-refractivity contribution in [1.82, 2.24) is 10.2 Å². The lowest BCUT2D eigenvalue weighted by Gasteiger charge is -2.22. The minimum atomic E-state index is -0.296. The number of benzene rings is 1. The number of nitrogens with one attached hydrogen (secondary N) is 1. The molecule has 5 nitrogen and oxygen atoms in total. The Morgan fingerprint density at radius 3 is 2.64 bits per heavy atom. The van der Waals surface area contributed by atoms with Gasteiger partial charge in [0.1, 0.15) is 0 Å². The van der Waals surface area contributed by atoms with Gasteiger partial charge >= 0.3 is 0 Å². The molecular formula is C16H22BrN3O2. The molecule has 2 atom stereocenters. The Bertz CT molecular complexity index is 533. The molecule has 1 aliphatic heterocycles. The van der Waals surface area contributed by atoms with Crippen LogP contribution in [0.3, 0.4) is 0 Å². The Hall–Kier alpha value is -1.40. The van der Waals surface area contributed by atoms with Gasteiger partial charge in [0.15, 0.2) is 0 Å². The van der Waals surface area contributed by atoms with Crippen molar-refractivity contribution in [3.63, 3.8) is 0 Å². The standard InChI is InChI=1S/C16H22BrN3O2/c1-11(21)19-15(13-2-4-14(17)5-3-13)8-16(22)20-7-6-12(9-18)10-20/h2-5,12,15H,6-10,18H2,1H3,(H,19,21)/t12-,15+/m1/s1. The third-order valence-electron chi connectivity index (χ3n) is 4.00. The molecule has 0 bridgehead atoms. The molecular weight excluding hydrogens is 346 g/mol. The lowest BCUT2D eigenvalue weighted by Crippen LogP contribution is -2.35. The van der Waals surface area contributed by atoms with Crippen LogP contribution in [-0.2, 0) is 9.59 Å². The molecule has 6 heteroatoms. The Balaban J connectivity index is 2.05. The Morgan fingerprint density at radius 1 is 1.41 bits per heavy atom. The summed E-state index contributed by atoms with van der Waals surface area (Å²) in [5.74, 6) is 0.329. The zero-order valence-corrected chi connectivity index (χ0v) is 14.3. The van der Waals surface area contributed by atoms with Crippen molar-refractivity contribution in [2.45, 2.75) is 25.8 Å². The van der Waals surface area contributed by atoms with E-state index in [9.17, 15) is 9.59 Å². The number of carbonyl (C=O) groups is 2. The number of halogens is 1. The van der Waals surface area contributed by atoms with E-state index in [0.717, 1.165) is 29.5 Å². The Labute approximate surface area is 139 Å². The number of amides is 2. The van der Waals surface area contributed by atoms with Gasteiger partial charge in [-0.2, -0.15) is 0 Å². The summed E-state index contributed by atoms with van der Waals surface area (Å²) in [6, 6.07) is 7.37. The Kier molecular flexibility index (Phi) is 5.97. The van der Waals surface area contributed by atoms with Gasteiger partial charge in [0, 0.05) is 24.5 Å². The minimum absolute atomic E-state index is 0.0672. The maximum absolute atomic E-state index is 12.5. The molecule has 0 unspecified atom stereocenters. The fourth-order valence-corrected chi connectivity index (χ4v) is 3.01. The number of nitrogens with two attached hydrogens (primary N) is 1. The highest BCUT2D eigenvalue weighted by Crippen LogP contribution is 2.23. The van der Waals surface area contributed by atoms with Gasteiger partial charge in [0.05, 0.1) is 12.5 Å². The second kappa shape index (κ2) is 7.74. The van der Waals surface area contributed by atoms with Crippen LogP contribution in [-0.4, -0.2) is 36.3 Å². The normalized spacial score (nSPS) is 19.0. The average molecular weight is 368 g/mol. The summed E-state index contributed by atoms with van der Waals surface area (Å²) >= 11 is 3.39. The van der Waals surface area contributed by atoms with E-state index < -0.39 is 0 Å². The quantitative estimate of drug-likeness (QED) is 0.833. The van der Waals surface area contributed by atoms with Crippen molar-refractivity contribution < 1.29 is 9.59 Å². The highest BCUT2D eigenvalue weighted by atomic mass is 79.9. The molecule has 22 heavy (non-hydrogen) atoms. The fourth-order valence-electron chi connectivity index (χ4n) is 2.75. The van der Waals surface area contributed by atoms with Crippen LogP contribution in [0.2, 0.25) is 0 Å². The lowest BCUT2D eigenvalue weighted by atomic mass is 10.0. The number of hydrogen-bond donors (Lipinski definition) is 2. The molecule has 1 saturated heterocycles. The molecule has 1 heterocycles. The number of carbonyl (C=O) groups excluding carboxylic acids is 2. The third kappa shape index (κ3) is 4.55. The topological polar surface area (TPSA) is 75.4 Å². The Morgan fingerprint density at radius 2 is 2.09 bits per heavy atom. The van der Waals surface area contributed by atoms with E-state index in [1.807, 2.05) is 29.2 Å². The number of likely N-dealkylation sites (tertiary alicyclic amines) is 1. The summed E-state index contributed by atoms with van der Waals surface area (Å²) in [6.07, 6.45) is 1.24. The zero-order valence-electron chi connectivity index (χ0n) is 12.7. The van der Waals surface area contributed by atoms with Gasteiger partial charge in [-0.05, 0) is 36.6 Å². The molecule has 2 amide bonds. The summed E-state index contributed by atoms with van der Waals surface area (Å²) < 4.78 is 0.967. The molecule has 0 spiro atoms. The fraction of sp³-hybridized carbons (Fsp3) is 0.500. The molecule has 120 valence electrons. The van der Waals surface area contributed by atoms with Crippen LogP contribution >= 0.6 is 15.9 Å². The van der Waals surface area contributed by atoms with Crippen LogP contribution in [0.15, 0.2) is 28.7 Å². The van der Waals surface area contributed by atoms with E-state index in [0.29, 0.717) is 12.5 Å². The molecule has 1 aromatic carbocycles. The summed E-state index contributed by atoms with van der Waals surface area (Å²) in [7, 11) is 0. The second-order valence-corrected chi connectivity index (χ2v) is 6.65. The largest absolute Gasteiger partial charge is 0.349 e. The lowest BCUT2D eigenvalue weighted by molar-refractivity contribution is -0.131. The van der Waals surface area contributed by atoms with Gasteiger partial charge in [-0.25, -0.2) is 0 Å². The monoisotopic (exact) mass is 367 g/mol. The van der Waals surface area contributed by atoms with E-state index in [1.165, 1.54) is 6.92 Å². The average Bonchev–Trinajstić information content (AvgIpc) is 2.96. The van der Waals surface area contributed by atoms with Crippen molar-refractivity contribution in [2.75, 3.05) is 19.6 Å². The van der Waals surface area contributed by atoms with Crippen LogP contribution in [0.4, 0.5) is 0 Å². The molecule has 1 aromatic rings. The van der Waals surface area contributed by atoms with Crippen LogP contribution in [0.1, 0.15) is 31.4 Å². The van der Waals surface area contributed by atoms with Crippen molar-refractivity contribution >= 4 is 27.7 Å². The molecule has 1 fully saturated rings. The van der Waals surface area contributed by atoms with Gasteiger partial charge in [0.25, 0.3) is 0 Å². The smallest absolute Gasteiger partial charge is 0.224 e. The van der Waals surface area contributed by atoms with E-state index in [1.54, 1.807) is 0 Å². The van der Waals surface area contributed by atoms with Gasteiger partial charge in [0.2, 0.25) is 11.8 Å². The molecule has 0 aliphatic carbocycles. The highest BCUT2D eigenvalue weighted by molar-refractivity contribution is 9.10. The highest BCUT2D eigenvalue weighted by Gasteiger charge is 2.27. The van der Waals surface area contributed by atoms with Crippen LogP contribution < -0.4 is 11.1 Å². The van der Waals surface area contributed by atoms with Crippen LogP contribution in [0, 0.1) is 5.92 Å². The van der Waals surface area contributed by atoms with Crippen molar-refractivity contribution in [1.29, 1.82) is 0 Å². The van der Waals surface area contributed by atoms with Gasteiger partial charge in [-0.15, -0.1) is 0 Å². The summed E-state index contributed by atoms with van der Waals surface area (Å²) in [4.78, 5) is 25.7. The predicted molar refractivity (Wildman–Crippen MR) is 89.1 cm³/mol. The maximum atomic E-state index is 12.5. The molecule has 3 N–H and O–H groups in total. The van der Waals surface area contributed by atoms with Crippen LogP contribution in [0.5, 0.6) is 0 Å². The number of hydrogen-bond acceptors (Lipinski definition) is 3. The third-order valence-corrected chi connectivity index (χ3v) is 4.53. The molecule has 1 aliphatic rings. The number of rotatable bonds is 5. The molecule has 0 aromatic heterocycles. The van der Waals surface area contributed by atoms with Gasteiger partial charge in [-0.3, -0.25) is 9.59 Å². The maximum Gasteiger partial charge on any atom is 0.224 e. The van der Waals surface area contributed by atoms with E-state index in [2.05, 4.69) is 21.2 Å². The first-order valence-electron chi connectivity index (χ1n) is 7.50. The molecule has 0 radical (unpaired) electrons. The number of nitrogens with zero attached hydrogens (tertiary/aromatic N) is 1. The zero-order chi connectivity index (χ0) is 16.1. The predicted octanol–water partition coefficient (Wildman–Crippen LogP) is 1.82. The minimum Gasteiger partial charge on any atom is -0.349 e. The van der Waals surface area contributed by atoms with Crippen molar-refractivity contribution in [3.05, 3.63) is 34.3 Å². The summed E-state index contributed by atoms with van der Waals surface area (Å²) in [5.41, 5.74) is 6.60. The summed E-state index contributed by atoms with van der Waals surface area (Å²) in [6.45, 7) is 3.57. The van der Waals surface area contributed by atoms with Gasteiger partial charge < -0.3 is 16.0 Å². The van der Waals surface area contributed by atoms with Crippen molar-refractivity contribution in [2.24, 2.45) is 11.7 Å². The molecule has 2 rings (SSSR count). The van der Waals surface area contributed by atoms with Crippen molar-refractivity contribution in [3.8, 4) is 0 Å². The first kappa shape index (κ1) is 17.0. The van der Waals surface area contributed by atoms with Crippen LogP contribution in [0.25, 0.3) is 0 Å².